The van der Waals surface area contributed by atoms with E-state index < -0.39 is 29.5 Å². The number of allylic oxidation sites excluding steroid dienone is 2. The number of amides is 2. The van der Waals surface area contributed by atoms with Crippen molar-refractivity contribution >= 4 is 33.4 Å². The van der Waals surface area contributed by atoms with Crippen LogP contribution in [-0.4, -0.2) is 29.8 Å². The maximum Gasteiger partial charge on any atom is 0.417 e. The molecule has 0 unspecified atom stereocenters. The zero-order valence-corrected chi connectivity index (χ0v) is 17.3. The number of alkyl halides is 3. The summed E-state index contributed by atoms with van der Waals surface area (Å²) in [5.41, 5.74) is -0.768. The highest BCUT2D eigenvalue weighted by Gasteiger charge is 2.45. The van der Waals surface area contributed by atoms with Gasteiger partial charge in [-0.2, -0.15) is 13.2 Å². The van der Waals surface area contributed by atoms with Crippen molar-refractivity contribution in [3.8, 4) is 0 Å². The number of carbonyl (C=O) groups excluding carboxylic acids is 2. The molecule has 4 rings (SSSR count). The van der Waals surface area contributed by atoms with Gasteiger partial charge in [-0.3, -0.25) is 9.59 Å². The Morgan fingerprint density at radius 3 is 2.69 bits per heavy atom. The quantitative estimate of drug-likeness (QED) is 0.638. The van der Waals surface area contributed by atoms with Gasteiger partial charge in [0.2, 0.25) is 11.8 Å². The van der Waals surface area contributed by atoms with Crippen LogP contribution in [0.2, 0.25) is 0 Å². The van der Waals surface area contributed by atoms with E-state index in [1.54, 1.807) is 0 Å². The molecule has 3 aliphatic rings. The van der Waals surface area contributed by atoms with E-state index in [2.05, 4.69) is 21.2 Å². The van der Waals surface area contributed by atoms with E-state index in [4.69, 9.17) is 0 Å². The van der Waals surface area contributed by atoms with Crippen LogP contribution in [0.4, 0.5) is 18.9 Å². The second-order valence-corrected chi connectivity index (χ2v) is 9.01. The van der Waals surface area contributed by atoms with Crippen molar-refractivity contribution in [2.75, 3.05) is 18.4 Å². The summed E-state index contributed by atoms with van der Waals surface area (Å²) in [6, 6.07) is 3.61. The Morgan fingerprint density at radius 2 is 2.00 bits per heavy atom. The topological polar surface area (TPSA) is 49.4 Å². The molecule has 8 heteroatoms. The van der Waals surface area contributed by atoms with Crippen LogP contribution in [0.15, 0.2) is 34.8 Å². The van der Waals surface area contributed by atoms with Crippen molar-refractivity contribution in [3.63, 3.8) is 0 Å². The van der Waals surface area contributed by atoms with Crippen LogP contribution in [0.1, 0.15) is 31.2 Å². The molecular weight excluding hydrogens is 449 g/mol. The second-order valence-electron chi connectivity index (χ2n) is 8.16. The van der Waals surface area contributed by atoms with Crippen molar-refractivity contribution in [3.05, 3.63) is 40.4 Å². The summed E-state index contributed by atoms with van der Waals surface area (Å²) in [6.45, 7) is 1.46. The van der Waals surface area contributed by atoms with Gasteiger partial charge >= 0.3 is 6.18 Å². The third-order valence-corrected chi connectivity index (χ3v) is 6.74. The number of nitrogens with one attached hydrogen (secondary N) is 1. The molecule has 0 spiro atoms. The van der Waals surface area contributed by atoms with Gasteiger partial charge in [0, 0.05) is 23.2 Å². The highest BCUT2D eigenvalue weighted by atomic mass is 79.9. The molecular formula is C21H22BrF3N2O2. The molecule has 2 aliphatic carbocycles. The lowest BCUT2D eigenvalue weighted by Crippen LogP contribution is -2.51. The van der Waals surface area contributed by atoms with Crippen LogP contribution in [0.3, 0.4) is 0 Å². The first kappa shape index (κ1) is 20.4. The zero-order valence-electron chi connectivity index (χ0n) is 15.7. The standard InChI is InChI=1S/C21H22BrF3N2O2/c22-17-7-6-14(10-16(17)21(23,24)25)26-19(28)15-3-1-2-13-8-9-27(11-12-4-5-12)20(29)18(13)15/h1-2,6-7,10,12-13,15,18H,3-5,8-9,11H2,(H,26,28)/t13-,15-,18+/m1/s1. The molecule has 4 nitrogen and oxygen atoms in total. The lowest BCUT2D eigenvalue weighted by atomic mass is 9.71. The first-order valence-electron chi connectivity index (χ1n) is 9.87. The van der Waals surface area contributed by atoms with Gasteiger partial charge < -0.3 is 10.2 Å². The third-order valence-electron chi connectivity index (χ3n) is 6.05. The summed E-state index contributed by atoms with van der Waals surface area (Å²) in [6.07, 6.45) is 2.93. The number of carbonyl (C=O) groups is 2. The maximum atomic E-state index is 13.1. The first-order chi connectivity index (χ1) is 13.7. The second kappa shape index (κ2) is 7.78. The number of piperidine rings is 1. The number of hydrogen-bond donors (Lipinski definition) is 1. The van der Waals surface area contributed by atoms with E-state index in [0.717, 1.165) is 31.9 Å². The summed E-state index contributed by atoms with van der Waals surface area (Å²) >= 11 is 2.90. The fourth-order valence-corrected chi connectivity index (χ4v) is 4.81. The summed E-state index contributed by atoms with van der Waals surface area (Å²) in [5.74, 6) is -0.822. The molecule has 1 aliphatic heterocycles. The SMILES string of the molecule is O=C(Nc1ccc(Br)c(C(F)(F)F)c1)[C@@H]1CC=C[C@@H]2CCN(CC3CC3)C(=O)[C@@H]21. The summed E-state index contributed by atoms with van der Waals surface area (Å²) in [7, 11) is 0. The molecule has 1 heterocycles. The van der Waals surface area contributed by atoms with E-state index in [9.17, 15) is 22.8 Å². The minimum absolute atomic E-state index is 0.00411. The Bertz CT molecular complexity index is 851. The van der Waals surface area contributed by atoms with Gasteiger partial charge in [-0.25, -0.2) is 0 Å². The van der Waals surface area contributed by atoms with Crippen molar-refractivity contribution < 1.29 is 22.8 Å². The molecule has 1 aromatic rings. The predicted molar refractivity (Wildman–Crippen MR) is 106 cm³/mol. The van der Waals surface area contributed by atoms with E-state index in [1.165, 1.54) is 12.1 Å². The van der Waals surface area contributed by atoms with Gasteiger partial charge in [0.15, 0.2) is 0 Å². The number of anilines is 1. The number of benzene rings is 1. The van der Waals surface area contributed by atoms with Crippen LogP contribution >= 0.6 is 15.9 Å². The van der Waals surface area contributed by atoms with Crippen LogP contribution in [0.25, 0.3) is 0 Å². The monoisotopic (exact) mass is 470 g/mol. The van der Waals surface area contributed by atoms with Crippen LogP contribution in [0.5, 0.6) is 0 Å². The van der Waals surface area contributed by atoms with Crippen LogP contribution in [-0.2, 0) is 15.8 Å². The first-order valence-corrected chi connectivity index (χ1v) is 10.7. The molecule has 156 valence electrons. The molecule has 1 saturated heterocycles. The molecule has 2 amide bonds. The summed E-state index contributed by atoms with van der Waals surface area (Å²) in [5, 5.41) is 2.61. The fourth-order valence-electron chi connectivity index (χ4n) is 4.34. The number of hydrogen-bond acceptors (Lipinski definition) is 2. The Labute approximate surface area is 175 Å². The number of nitrogens with zero attached hydrogens (tertiary/aromatic N) is 1. The highest BCUT2D eigenvalue weighted by Crippen LogP contribution is 2.40. The van der Waals surface area contributed by atoms with Gasteiger partial charge in [-0.05, 0) is 55.7 Å². The molecule has 3 atom stereocenters. The van der Waals surface area contributed by atoms with Crippen LogP contribution < -0.4 is 5.32 Å². The average Bonchev–Trinajstić information content (AvgIpc) is 3.48. The van der Waals surface area contributed by atoms with E-state index in [0.29, 0.717) is 18.9 Å². The van der Waals surface area contributed by atoms with Gasteiger partial charge in [0.25, 0.3) is 0 Å². The van der Waals surface area contributed by atoms with Gasteiger partial charge in [0.05, 0.1) is 17.4 Å². The smallest absolute Gasteiger partial charge is 0.342 e. The predicted octanol–water partition coefficient (Wildman–Crippen LogP) is 4.86. The molecule has 0 radical (unpaired) electrons. The van der Waals surface area contributed by atoms with E-state index in [1.807, 2.05) is 17.1 Å². The number of likely N-dealkylation sites (tertiary alicyclic amines) is 1. The normalized spacial score (nSPS) is 27.0. The molecule has 1 saturated carbocycles. The number of fused-ring (bicyclic) bond motifs is 1. The maximum absolute atomic E-state index is 13.1. The lowest BCUT2D eigenvalue weighted by Gasteiger charge is -2.41. The fraction of sp³-hybridized carbons (Fsp3) is 0.524. The Kier molecular flexibility index (Phi) is 5.48. The molecule has 29 heavy (non-hydrogen) atoms. The van der Waals surface area contributed by atoms with Crippen molar-refractivity contribution in [2.45, 2.75) is 31.9 Å². The van der Waals surface area contributed by atoms with Crippen molar-refractivity contribution in [1.29, 1.82) is 0 Å². The van der Waals surface area contributed by atoms with Gasteiger partial charge in [-0.15, -0.1) is 0 Å². The number of halogens is 4. The van der Waals surface area contributed by atoms with Gasteiger partial charge in [-0.1, -0.05) is 28.1 Å². The molecule has 1 N–H and O–H groups in total. The minimum atomic E-state index is -4.53. The number of rotatable bonds is 4. The minimum Gasteiger partial charge on any atom is -0.342 e. The summed E-state index contributed by atoms with van der Waals surface area (Å²) < 4.78 is 39.3. The van der Waals surface area contributed by atoms with Gasteiger partial charge in [0.1, 0.15) is 0 Å². The van der Waals surface area contributed by atoms with E-state index in [-0.39, 0.29) is 22.0 Å². The summed E-state index contributed by atoms with van der Waals surface area (Å²) in [4.78, 5) is 27.9. The molecule has 0 aromatic heterocycles. The Morgan fingerprint density at radius 1 is 1.24 bits per heavy atom. The molecule has 1 aromatic carbocycles. The largest absolute Gasteiger partial charge is 0.417 e. The zero-order chi connectivity index (χ0) is 20.8. The van der Waals surface area contributed by atoms with Crippen LogP contribution in [0, 0.1) is 23.7 Å². The third kappa shape index (κ3) is 4.37. The molecule has 0 bridgehead atoms. The highest BCUT2D eigenvalue weighted by molar-refractivity contribution is 9.10. The Balaban J connectivity index is 1.52. The van der Waals surface area contributed by atoms with Crippen molar-refractivity contribution in [1.82, 2.24) is 4.90 Å². The van der Waals surface area contributed by atoms with Crippen molar-refractivity contribution in [2.24, 2.45) is 23.7 Å². The average molecular weight is 471 g/mol. The Hall–Kier alpha value is -1.83. The molecule has 2 fully saturated rings. The van der Waals surface area contributed by atoms with E-state index >= 15 is 0 Å². The lowest BCUT2D eigenvalue weighted by molar-refractivity contribution is -0.146.